The highest BCUT2D eigenvalue weighted by Gasteiger charge is 2.24. The molecular weight excluding hydrogens is 470 g/mol. The van der Waals surface area contributed by atoms with Gasteiger partial charge in [-0.25, -0.2) is 8.42 Å². The number of carbonyl (C=O) groups is 1. The molecule has 0 unspecified atom stereocenters. The Kier molecular flexibility index (Phi) is 7.56. The van der Waals surface area contributed by atoms with Gasteiger partial charge in [0, 0.05) is 31.4 Å². The predicted octanol–water partition coefficient (Wildman–Crippen LogP) is 4.84. The molecule has 1 aliphatic rings. The minimum absolute atomic E-state index is 0.0127. The van der Waals surface area contributed by atoms with Crippen molar-refractivity contribution in [3.05, 3.63) is 94.5 Å². The third-order valence-corrected chi connectivity index (χ3v) is 7.64. The average Bonchev–Trinajstić information content (AvgIpc) is 2.81. The normalized spacial score (nSPS) is 15.1. The molecule has 6 nitrogen and oxygen atoms in total. The van der Waals surface area contributed by atoms with Crippen LogP contribution in [0.1, 0.15) is 34.3 Å². The van der Waals surface area contributed by atoms with E-state index in [2.05, 4.69) is 27.1 Å². The summed E-state index contributed by atoms with van der Waals surface area (Å²) in [7, 11) is -3.87. The number of carbonyl (C=O) groups excluding carboxylic acids is 1. The molecule has 0 aliphatic carbocycles. The fourth-order valence-electron chi connectivity index (χ4n) is 4.11. The van der Waals surface area contributed by atoms with Crippen LogP contribution in [0.4, 0.5) is 5.69 Å². The number of hydrogen-bond donors (Lipinski definition) is 2. The highest BCUT2D eigenvalue weighted by atomic mass is 35.5. The van der Waals surface area contributed by atoms with Crippen LogP contribution in [0.25, 0.3) is 0 Å². The van der Waals surface area contributed by atoms with Crippen molar-refractivity contribution in [2.75, 3.05) is 17.8 Å². The molecule has 1 heterocycles. The maximum absolute atomic E-state index is 13.0. The molecule has 178 valence electrons. The standard InChI is InChI=1S/C26H28ClN3O3S/c1-19-6-5-9-22(16-19)29-34(32,33)23-10-11-25(27)24(17-23)26(31)28-21-12-14-30(15-13-21)18-20-7-3-2-4-8-20/h2-11,16-17,21,29H,12-15,18H2,1H3,(H,28,31). The molecule has 1 saturated heterocycles. The van der Waals surface area contributed by atoms with Gasteiger partial charge in [0.1, 0.15) is 0 Å². The van der Waals surface area contributed by atoms with E-state index in [1.807, 2.05) is 31.2 Å². The Morgan fingerprint density at radius 2 is 1.74 bits per heavy atom. The third-order valence-electron chi connectivity index (χ3n) is 5.93. The van der Waals surface area contributed by atoms with Gasteiger partial charge in [-0.05, 0) is 61.2 Å². The van der Waals surface area contributed by atoms with Crippen molar-refractivity contribution in [2.24, 2.45) is 0 Å². The molecule has 2 N–H and O–H groups in total. The summed E-state index contributed by atoms with van der Waals surface area (Å²) in [6, 6.07) is 21.6. The monoisotopic (exact) mass is 497 g/mol. The molecule has 4 rings (SSSR count). The highest BCUT2D eigenvalue weighted by molar-refractivity contribution is 7.92. The van der Waals surface area contributed by atoms with Crippen molar-refractivity contribution in [1.29, 1.82) is 0 Å². The van der Waals surface area contributed by atoms with Crippen molar-refractivity contribution >= 4 is 33.2 Å². The largest absolute Gasteiger partial charge is 0.349 e. The second-order valence-electron chi connectivity index (χ2n) is 8.63. The lowest BCUT2D eigenvalue weighted by Gasteiger charge is -2.32. The topological polar surface area (TPSA) is 78.5 Å². The number of halogens is 1. The van der Waals surface area contributed by atoms with Gasteiger partial charge in [0.05, 0.1) is 15.5 Å². The lowest BCUT2D eigenvalue weighted by Crippen LogP contribution is -2.44. The van der Waals surface area contributed by atoms with Crippen LogP contribution in [0.5, 0.6) is 0 Å². The number of sulfonamides is 1. The lowest BCUT2D eigenvalue weighted by molar-refractivity contribution is 0.0909. The summed E-state index contributed by atoms with van der Waals surface area (Å²) in [6.45, 7) is 4.53. The van der Waals surface area contributed by atoms with Gasteiger partial charge >= 0.3 is 0 Å². The number of hydrogen-bond acceptors (Lipinski definition) is 4. The molecule has 1 fully saturated rings. The Morgan fingerprint density at radius 1 is 1.00 bits per heavy atom. The summed E-state index contributed by atoms with van der Waals surface area (Å²) in [4.78, 5) is 15.3. The number of amides is 1. The molecule has 0 spiro atoms. The third kappa shape index (κ3) is 6.17. The molecule has 0 bridgehead atoms. The zero-order valence-corrected chi connectivity index (χ0v) is 20.6. The van der Waals surface area contributed by atoms with E-state index in [4.69, 9.17) is 11.6 Å². The van der Waals surface area contributed by atoms with Gasteiger partial charge in [-0.2, -0.15) is 0 Å². The zero-order valence-electron chi connectivity index (χ0n) is 19.0. The van der Waals surface area contributed by atoms with E-state index in [-0.39, 0.29) is 27.4 Å². The Balaban J connectivity index is 1.39. The van der Waals surface area contributed by atoms with Crippen LogP contribution >= 0.6 is 11.6 Å². The van der Waals surface area contributed by atoms with E-state index >= 15 is 0 Å². The minimum atomic E-state index is -3.87. The first-order chi connectivity index (χ1) is 16.3. The van der Waals surface area contributed by atoms with Gasteiger partial charge in [0.15, 0.2) is 0 Å². The zero-order chi connectivity index (χ0) is 24.1. The van der Waals surface area contributed by atoms with E-state index < -0.39 is 10.0 Å². The number of anilines is 1. The van der Waals surface area contributed by atoms with E-state index in [9.17, 15) is 13.2 Å². The summed E-state index contributed by atoms with van der Waals surface area (Å²) >= 11 is 6.27. The number of nitrogens with one attached hydrogen (secondary N) is 2. The Morgan fingerprint density at radius 3 is 2.44 bits per heavy atom. The molecule has 3 aromatic carbocycles. The first-order valence-electron chi connectivity index (χ1n) is 11.3. The summed E-state index contributed by atoms with van der Waals surface area (Å²) in [5, 5.41) is 3.25. The predicted molar refractivity (Wildman–Crippen MR) is 136 cm³/mol. The van der Waals surface area contributed by atoms with Crippen LogP contribution in [0.3, 0.4) is 0 Å². The number of rotatable bonds is 7. The summed E-state index contributed by atoms with van der Waals surface area (Å²) in [6.07, 6.45) is 1.65. The van der Waals surface area contributed by atoms with Crippen molar-refractivity contribution in [3.63, 3.8) is 0 Å². The van der Waals surface area contributed by atoms with Gasteiger partial charge in [-0.15, -0.1) is 0 Å². The Labute approximate surface area is 206 Å². The molecule has 3 aromatic rings. The number of nitrogens with zero attached hydrogens (tertiary/aromatic N) is 1. The summed E-state index contributed by atoms with van der Waals surface area (Å²) < 4.78 is 28.3. The number of aryl methyl sites for hydroxylation is 1. The molecule has 0 atom stereocenters. The van der Waals surface area contributed by atoms with Crippen molar-refractivity contribution < 1.29 is 13.2 Å². The van der Waals surface area contributed by atoms with Crippen LogP contribution in [0, 0.1) is 6.92 Å². The Hall–Kier alpha value is -2.87. The van der Waals surface area contributed by atoms with Crippen LogP contribution in [0.2, 0.25) is 5.02 Å². The number of benzene rings is 3. The molecule has 1 aliphatic heterocycles. The fraction of sp³-hybridized carbons (Fsp3) is 0.269. The maximum atomic E-state index is 13.0. The number of piperidine rings is 1. The van der Waals surface area contributed by atoms with Gasteiger partial charge < -0.3 is 5.32 Å². The van der Waals surface area contributed by atoms with Crippen LogP contribution in [0.15, 0.2) is 77.7 Å². The van der Waals surface area contributed by atoms with Gasteiger partial charge in [0.25, 0.3) is 15.9 Å². The molecular formula is C26H28ClN3O3S. The molecule has 0 radical (unpaired) electrons. The highest BCUT2D eigenvalue weighted by Crippen LogP contribution is 2.24. The van der Waals surface area contributed by atoms with Crippen molar-refractivity contribution in [3.8, 4) is 0 Å². The van der Waals surface area contributed by atoms with Crippen LogP contribution < -0.4 is 10.0 Å². The number of likely N-dealkylation sites (tertiary alicyclic amines) is 1. The fourth-order valence-corrected chi connectivity index (χ4v) is 5.39. The quantitative estimate of drug-likeness (QED) is 0.489. The smallest absolute Gasteiger partial charge is 0.261 e. The van der Waals surface area contributed by atoms with Gasteiger partial charge in [-0.3, -0.25) is 14.4 Å². The Bertz CT molecular complexity index is 1260. The lowest BCUT2D eigenvalue weighted by atomic mass is 10.0. The second kappa shape index (κ2) is 10.6. The van der Waals surface area contributed by atoms with E-state index in [0.717, 1.165) is 38.0 Å². The average molecular weight is 498 g/mol. The SMILES string of the molecule is Cc1cccc(NS(=O)(=O)c2ccc(Cl)c(C(=O)NC3CCN(Cc4ccccc4)CC3)c2)c1. The second-order valence-corrected chi connectivity index (χ2v) is 10.7. The molecule has 0 aromatic heterocycles. The van der Waals surface area contributed by atoms with E-state index in [1.54, 1.807) is 18.2 Å². The van der Waals surface area contributed by atoms with Crippen molar-refractivity contribution in [1.82, 2.24) is 10.2 Å². The van der Waals surface area contributed by atoms with Crippen molar-refractivity contribution in [2.45, 2.75) is 37.2 Å². The van der Waals surface area contributed by atoms with Gasteiger partial charge in [0.2, 0.25) is 0 Å². The van der Waals surface area contributed by atoms with E-state index in [0.29, 0.717) is 5.69 Å². The minimum Gasteiger partial charge on any atom is -0.349 e. The van der Waals surface area contributed by atoms with Crippen LogP contribution in [-0.2, 0) is 16.6 Å². The van der Waals surface area contributed by atoms with Gasteiger partial charge in [-0.1, -0.05) is 54.1 Å². The summed E-state index contributed by atoms with van der Waals surface area (Å²) in [5.41, 5.74) is 2.82. The molecule has 8 heteroatoms. The summed E-state index contributed by atoms with van der Waals surface area (Å²) in [5.74, 6) is -0.362. The first kappa shape index (κ1) is 24.3. The molecule has 34 heavy (non-hydrogen) atoms. The molecule has 0 saturated carbocycles. The molecule has 1 amide bonds. The van der Waals surface area contributed by atoms with E-state index in [1.165, 1.54) is 23.8 Å². The van der Waals surface area contributed by atoms with Crippen LogP contribution in [-0.4, -0.2) is 38.4 Å². The first-order valence-corrected chi connectivity index (χ1v) is 13.1. The maximum Gasteiger partial charge on any atom is 0.261 e.